The minimum Gasteiger partial charge on any atom is -0.468 e. The first-order valence-corrected chi connectivity index (χ1v) is 12.5. The zero-order valence-electron chi connectivity index (χ0n) is 18.5. The van der Waals surface area contributed by atoms with Gasteiger partial charge in [-0.2, -0.15) is 0 Å². The number of ether oxygens (including phenoxy) is 2. The van der Waals surface area contributed by atoms with Crippen LogP contribution in [-0.4, -0.2) is 89.5 Å². The van der Waals surface area contributed by atoms with E-state index in [1.54, 1.807) is 10.9 Å². The van der Waals surface area contributed by atoms with E-state index >= 15 is 0 Å². The summed E-state index contributed by atoms with van der Waals surface area (Å²) in [5.41, 5.74) is 12.6. The Morgan fingerprint density at radius 3 is 2.88 bits per heavy atom. The molecule has 0 bridgehead atoms. The molecule has 2 saturated heterocycles. The number of anilines is 1. The molecule has 4 atom stereocenters. The first-order chi connectivity index (χ1) is 15.8. The summed E-state index contributed by atoms with van der Waals surface area (Å²) in [7, 11) is -2.34. The van der Waals surface area contributed by atoms with E-state index < -0.39 is 27.3 Å². The Balaban J connectivity index is 1.36. The van der Waals surface area contributed by atoms with Crippen molar-refractivity contribution in [3.63, 3.8) is 0 Å². The Bertz CT molecular complexity index is 1090. The molecular weight excluding hydrogens is 452 g/mol. The molecule has 2 aromatic rings. The number of piperidine rings is 1. The monoisotopic (exact) mass is 482 g/mol. The largest absolute Gasteiger partial charge is 0.468 e. The number of nitrogens with one attached hydrogen (secondary N) is 1. The van der Waals surface area contributed by atoms with Crippen LogP contribution in [0.2, 0.25) is 0 Å². The number of hydrogen-bond acceptors (Lipinski definition) is 11. The minimum absolute atomic E-state index is 0.147. The van der Waals surface area contributed by atoms with Gasteiger partial charge in [-0.1, -0.05) is 0 Å². The van der Waals surface area contributed by atoms with Gasteiger partial charge in [0.1, 0.15) is 24.1 Å². The van der Waals surface area contributed by atoms with E-state index in [4.69, 9.17) is 20.9 Å². The van der Waals surface area contributed by atoms with Gasteiger partial charge in [-0.3, -0.25) is 14.3 Å². The van der Waals surface area contributed by atoms with Crippen molar-refractivity contribution in [3.8, 4) is 0 Å². The summed E-state index contributed by atoms with van der Waals surface area (Å²) in [6, 6.07) is -0.620. The molecule has 33 heavy (non-hydrogen) atoms. The standard InChI is InChI=1S/C19H30N8O5S/c1-31-19(28)14-8-13(4-6-26(14)7-5-20)33(29,30)25-9-12-2-3-15(32-12)27-11-24-16-17(21)22-10-23-18(16)27/h10-15,25H,2-9,20H2,1H3,(H2,21,22,23)/t12-,13?,14?,15+/m0/s1. The zero-order valence-corrected chi connectivity index (χ0v) is 19.3. The topological polar surface area (TPSA) is 181 Å². The first-order valence-electron chi connectivity index (χ1n) is 10.9. The van der Waals surface area contributed by atoms with Gasteiger partial charge in [0.25, 0.3) is 0 Å². The number of fused-ring (bicyclic) bond motifs is 1. The number of carbonyl (C=O) groups excluding carboxylic acids is 1. The maximum Gasteiger partial charge on any atom is 0.323 e. The molecule has 13 nitrogen and oxygen atoms in total. The number of methoxy groups -OCH3 is 1. The number of imidazole rings is 1. The summed E-state index contributed by atoms with van der Waals surface area (Å²) < 4.78 is 41.4. The normalized spacial score (nSPS) is 26.6. The van der Waals surface area contributed by atoms with Crippen molar-refractivity contribution < 1.29 is 22.7 Å². The third-order valence-electron chi connectivity index (χ3n) is 6.29. The van der Waals surface area contributed by atoms with E-state index in [-0.39, 0.29) is 25.3 Å². The van der Waals surface area contributed by atoms with Gasteiger partial charge >= 0.3 is 5.97 Å². The molecule has 0 amide bonds. The molecule has 182 valence electrons. The fourth-order valence-corrected chi connectivity index (χ4v) is 6.03. The lowest BCUT2D eigenvalue weighted by atomic mass is 10.0. The summed E-state index contributed by atoms with van der Waals surface area (Å²) in [5.74, 6) is -0.147. The number of hydrogen-bond donors (Lipinski definition) is 3. The molecule has 5 N–H and O–H groups in total. The molecule has 0 aliphatic carbocycles. The number of likely N-dealkylation sites (tertiary alicyclic amines) is 1. The Morgan fingerprint density at radius 2 is 2.12 bits per heavy atom. The first kappa shape index (κ1) is 23.8. The SMILES string of the molecule is COC(=O)C1CC(S(=O)(=O)NC[C@@H]2CC[C@H](n3cnc4c(N)ncnc43)O2)CCN1CCN. The minimum atomic E-state index is -3.65. The second kappa shape index (κ2) is 9.85. The molecule has 2 aliphatic rings. The summed E-state index contributed by atoms with van der Waals surface area (Å²) >= 11 is 0. The fourth-order valence-electron chi connectivity index (χ4n) is 4.53. The van der Waals surface area contributed by atoms with Crippen LogP contribution in [0.5, 0.6) is 0 Å². The summed E-state index contributed by atoms with van der Waals surface area (Å²) in [5, 5.41) is -0.690. The Labute approximate surface area is 191 Å². The van der Waals surface area contributed by atoms with Crippen LogP contribution >= 0.6 is 0 Å². The van der Waals surface area contributed by atoms with Crippen molar-refractivity contribution in [2.24, 2.45) is 5.73 Å². The number of carbonyl (C=O) groups is 1. The summed E-state index contributed by atoms with van der Waals surface area (Å²) in [4.78, 5) is 26.5. The van der Waals surface area contributed by atoms with Gasteiger partial charge in [0.05, 0.1) is 24.8 Å². The molecule has 0 spiro atoms. The highest BCUT2D eigenvalue weighted by Crippen LogP contribution is 2.31. The lowest BCUT2D eigenvalue weighted by Crippen LogP contribution is -2.53. The second-order valence-electron chi connectivity index (χ2n) is 8.28. The van der Waals surface area contributed by atoms with E-state index in [1.807, 2.05) is 4.90 Å². The predicted octanol–water partition coefficient (Wildman–Crippen LogP) is -1.03. The van der Waals surface area contributed by atoms with Crippen LogP contribution < -0.4 is 16.2 Å². The van der Waals surface area contributed by atoms with Gasteiger partial charge in [0.15, 0.2) is 11.5 Å². The van der Waals surface area contributed by atoms with Crippen LogP contribution in [0.3, 0.4) is 0 Å². The number of nitrogens with zero attached hydrogens (tertiary/aromatic N) is 5. The van der Waals surface area contributed by atoms with Crippen LogP contribution in [0.15, 0.2) is 12.7 Å². The van der Waals surface area contributed by atoms with Crippen molar-refractivity contribution in [3.05, 3.63) is 12.7 Å². The maximum absolute atomic E-state index is 13.0. The van der Waals surface area contributed by atoms with E-state index in [2.05, 4.69) is 19.7 Å². The molecule has 2 fully saturated rings. The van der Waals surface area contributed by atoms with Gasteiger partial charge in [-0.15, -0.1) is 0 Å². The smallest absolute Gasteiger partial charge is 0.323 e. The molecular formula is C19H30N8O5S. The summed E-state index contributed by atoms with van der Waals surface area (Å²) in [6.45, 7) is 1.50. The third kappa shape index (κ3) is 4.94. The fraction of sp³-hybridized carbons (Fsp3) is 0.684. The molecule has 0 aromatic carbocycles. The van der Waals surface area contributed by atoms with Crippen LogP contribution in [0.4, 0.5) is 5.82 Å². The van der Waals surface area contributed by atoms with Gasteiger partial charge in [0.2, 0.25) is 10.0 Å². The van der Waals surface area contributed by atoms with Gasteiger partial charge in [-0.05, 0) is 25.7 Å². The molecule has 2 aliphatic heterocycles. The van der Waals surface area contributed by atoms with E-state index in [9.17, 15) is 13.2 Å². The molecule has 14 heteroatoms. The second-order valence-corrected chi connectivity index (χ2v) is 10.3. The molecule has 4 rings (SSSR count). The number of nitrogens with two attached hydrogens (primary N) is 2. The Morgan fingerprint density at radius 1 is 1.30 bits per heavy atom. The van der Waals surface area contributed by atoms with Gasteiger partial charge in [-0.25, -0.2) is 28.1 Å². The quantitative estimate of drug-likeness (QED) is 0.391. The lowest BCUT2D eigenvalue weighted by Gasteiger charge is -2.37. The van der Waals surface area contributed by atoms with E-state index in [1.165, 1.54) is 13.4 Å². The highest BCUT2D eigenvalue weighted by molar-refractivity contribution is 7.90. The molecule has 4 heterocycles. The van der Waals surface area contributed by atoms with E-state index in [0.717, 1.165) is 0 Å². The van der Waals surface area contributed by atoms with Crippen LogP contribution in [0.1, 0.15) is 31.9 Å². The predicted molar refractivity (Wildman–Crippen MR) is 119 cm³/mol. The number of rotatable bonds is 8. The summed E-state index contributed by atoms with van der Waals surface area (Å²) in [6.07, 6.45) is 4.30. The molecule has 2 aromatic heterocycles. The van der Waals surface area contributed by atoms with Crippen LogP contribution in [-0.2, 0) is 24.3 Å². The molecule has 0 radical (unpaired) electrons. The Hall–Kier alpha value is -2.39. The number of nitrogen functional groups attached to an aromatic ring is 1. The maximum atomic E-state index is 13.0. The zero-order chi connectivity index (χ0) is 23.6. The van der Waals surface area contributed by atoms with Crippen molar-refractivity contribution in [2.75, 3.05) is 39.0 Å². The Kier molecular flexibility index (Phi) is 7.09. The van der Waals surface area contributed by atoms with Crippen molar-refractivity contribution in [1.82, 2.24) is 29.1 Å². The van der Waals surface area contributed by atoms with Crippen LogP contribution in [0.25, 0.3) is 11.2 Å². The molecule has 0 saturated carbocycles. The number of aromatic nitrogens is 4. The number of esters is 1. The lowest BCUT2D eigenvalue weighted by molar-refractivity contribution is -0.148. The highest BCUT2D eigenvalue weighted by Gasteiger charge is 2.40. The average molecular weight is 483 g/mol. The van der Waals surface area contributed by atoms with Crippen molar-refractivity contribution in [1.29, 1.82) is 0 Å². The van der Waals surface area contributed by atoms with E-state index in [0.29, 0.717) is 55.9 Å². The van der Waals surface area contributed by atoms with Crippen LogP contribution in [0, 0.1) is 0 Å². The van der Waals surface area contributed by atoms with Crippen molar-refractivity contribution in [2.45, 2.75) is 49.3 Å². The highest BCUT2D eigenvalue weighted by atomic mass is 32.2. The van der Waals surface area contributed by atoms with Gasteiger partial charge in [0, 0.05) is 26.2 Å². The third-order valence-corrected chi connectivity index (χ3v) is 8.16. The molecule has 2 unspecified atom stereocenters. The van der Waals surface area contributed by atoms with Gasteiger partial charge < -0.3 is 20.9 Å². The average Bonchev–Trinajstić information content (AvgIpc) is 3.45. The number of sulfonamides is 1. The van der Waals surface area contributed by atoms with Crippen molar-refractivity contribution >= 4 is 33.0 Å².